The van der Waals surface area contributed by atoms with Crippen molar-refractivity contribution >= 4 is 44.3 Å². The molecule has 4 N–H and O–H groups in total. The van der Waals surface area contributed by atoms with E-state index in [0.717, 1.165) is 11.3 Å². The summed E-state index contributed by atoms with van der Waals surface area (Å²) in [4.78, 5) is 33.6. The van der Waals surface area contributed by atoms with Crippen molar-refractivity contribution in [3.63, 3.8) is 0 Å². The Labute approximate surface area is 163 Å². The van der Waals surface area contributed by atoms with Crippen LogP contribution in [0.3, 0.4) is 0 Å². The van der Waals surface area contributed by atoms with E-state index in [9.17, 15) is 22.6 Å². The Bertz CT molecular complexity index is 1040. The largest absolute Gasteiger partial charge is 0.398 e. The lowest BCUT2D eigenvalue weighted by atomic mass is 9.91. The predicted octanol–water partition coefficient (Wildman–Crippen LogP) is -0.0531. The van der Waals surface area contributed by atoms with Crippen LogP contribution in [0.4, 0.5) is 5.13 Å². The van der Waals surface area contributed by atoms with Gasteiger partial charge in [-0.15, -0.1) is 11.3 Å². The zero-order valence-electron chi connectivity index (χ0n) is 14.3. The van der Waals surface area contributed by atoms with Gasteiger partial charge in [0.15, 0.2) is 10.8 Å². The van der Waals surface area contributed by atoms with E-state index < -0.39 is 34.2 Å². The molecule has 13 heteroatoms. The number of amides is 2. The quantitative estimate of drug-likeness (QED) is 0.251. The minimum absolute atomic E-state index is 0.136. The molecule has 2 atom stereocenters. The van der Waals surface area contributed by atoms with Gasteiger partial charge in [0, 0.05) is 5.38 Å². The van der Waals surface area contributed by atoms with Gasteiger partial charge in [0.1, 0.15) is 24.9 Å². The first kappa shape index (κ1) is 19.7. The van der Waals surface area contributed by atoms with E-state index in [1.54, 1.807) is 30.3 Å². The molecule has 1 aromatic heterocycles. The van der Waals surface area contributed by atoms with Gasteiger partial charge in [0.2, 0.25) is 0 Å². The van der Waals surface area contributed by atoms with Crippen LogP contribution in [-0.2, 0) is 24.7 Å². The molecule has 1 saturated heterocycles. The highest BCUT2D eigenvalue weighted by molar-refractivity contribution is 7.84. The third-order valence-corrected chi connectivity index (χ3v) is 5.47. The number of nitrogen functional groups attached to an aromatic ring is 1. The SMILES string of the molecule is CON=C(C(=O)N[C@@H]1C(=O)N(S(=O)(=O)O)[C@@H]1c1ccccc1)c1csc(N)n1. The molecular weight excluding hydrogens is 410 g/mol. The molecule has 0 bridgehead atoms. The van der Waals surface area contributed by atoms with Gasteiger partial charge < -0.3 is 15.9 Å². The van der Waals surface area contributed by atoms with Gasteiger partial charge in [-0.3, -0.25) is 14.1 Å². The summed E-state index contributed by atoms with van der Waals surface area (Å²) in [5.41, 5.74) is 5.87. The zero-order valence-corrected chi connectivity index (χ0v) is 16.0. The third kappa shape index (κ3) is 3.67. The van der Waals surface area contributed by atoms with Crippen molar-refractivity contribution in [2.45, 2.75) is 12.1 Å². The van der Waals surface area contributed by atoms with Gasteiger partial charge in [-0.1, -0.05) is 35.5 Å². The number of nitrogens with one attached hydrogen (secondary N) is 1. The fourth-order valence-electron chi connectivity index (χ4n) is 2.74. The number of carbonyl (C=O) groups is 2. The number of β-lactam (4-membered cyclic amide) rings is 1. The van der Waals surface area contributed by atoms with Crippen LogP contribution in [0.5, 0.6) is 0 Å². The van der Waals surface area contributed by atoms with Gasteiger partial charge in [-0.25, -0.2) is 9.29 Å². The number of carbonyl (C=O) groups excluding carboxylic acids is 2. The Balaban J connectivity index is 1.90. The predicted molar refractivity (Wildman–Crippen MR) is 99.6 cm³/mol. The van der Waals surface area contributed by atoms with Gasteiger partial charge in [0.25, 0.3) is 11.8 Å². The number of oxime groups is 1. The maximum atomic E-state index is 12.6. The number of anilines is 1. The number of aromatic nitrogens is 1. The lowest BCUT2D eigenvalue weighted by Crippen LogP contribution is -2.67. The monoisotopic (exact) mass is 425 g/mol. The number of hydrogen-bond acceptors (Lipinski definition) is 9. The molecule has 0 spiro atoms. The molecule has 2 aromatic rings. The van der Waals surface area contributed by atoms with Crippen molar-refractivity contribution in [2.75, 3.05) is 12.8 Å². The Morgan fingerprint density at radius 3 is 2.61 bits per heavy atom. The molecule has 2 amide bonds. The van der Waals surface area contributed by atoms with Crippen LogP contribution in [0.15, 0.2) is 40.9 Å². The summed E-state index contributed by atoms with van der Waals surface area (Å²) in [7, 11) is -3.58. The Morgan fingerprint density at radius 2 is 2.07 bits per heavy atom. The number of thiazole rings is 1. The molecular formula is C15H15N5O6S2. The lowest BCUT2D eigenvalue weighted by Gasteiger charge is -2.44. The second kappa shape index (κ2) is 7.53. The molecule has 148 valence electrons. The fraction of sp³-hybridized carbons (Fsp3) is 0.200. The summed E-state index contributed by atoms with van der Waals surface area (Å²) < 4.78 is 32.8. The second-order valence-electron chi connectivity index (χ2n) is 5.61. The highest BCUT2D eigenvalue weighted by atomic mass is 32.2. The molecule has 1 aromatic carbocycles. The molecule has 3 rings (SSSR count). The Morgan fingerprint density at radius 1 is 1.39 bits per heavy atom. The third-order valence-electron chi connectivity index (χ3n) is 3.89. The van der Waals surface area contributed by atoms with E-state index in [0.29, 0.717) is 9.87 Å². The minimum Gasteiger partial charge on any atom is -0.398 e. The maximum Gasteiger partial charge on any atom is 0.362 e. The van der Waals surface area contributed by atoms with E-state index in [-0.39, 0.29) is 16.5 Å². The van der Waals surface area contributed by atoms with Crippen molar-refractivity contribution in [3.8, 4) is 0 Å². The summed E-state index contributed by atoms with van der Waals surface area (Å²) in [5.74, 6) is -1.80. The maximum absolute atomic E-state index is 12.6. The smallest absolute Gasteiger partial charge is 0.362 e. The van der Waals surface area contributed by atoms with Gasteiger partial charge >= 0.3 is 10.3 Å². The zero-order chi connectivity index (χ0) is 20.5. The highest BCUT2D eigenvalue weighted by Gasteiger charge is 2.54. The average molecular weight is 425 g/mol. The number of nitrogens with two attached hydrogens (primary N) is 1. The lowest BCUT2D eigenvalue weighted by molar-refractivity contribution is -0.145. The molecule has 1 aliphatic rings. The number of hydrogen-bond donors (Lipinski definition) is 3. The van der Waals surface area contributed by atoms with E-state index in [1.807, 2.05) is 0 Å². The molecule has 0 radical (unpaired) electrons. The summed E-state index contributed by atoms with van der Waals surface area (Å²) in [5, 5.41) is 7.71. The number of benzene rings is 1. The van der Waals surface area contributed by atoms with E-state index in [4.69, 9.17) is 5.73 Å². The molecule has 0 unspecified atom stereocenters. The second-order valence-corrected chi connectivity index (χ2v) is 7.79. The summed E-state index contributed by atoms with van der Waals surface area (Å²) in [6.45, 7) is 0. The molecule has 1 fully saturated rings. The van der Waals surface area contributed by atoms with Crippen LogP contribution >= 0.6 is 11.3 Å². The van der Waals surface area contributed by atoms with Gasteiger partial charge in [-0.2, -0.15) is 8.42 Å². The summed E-state index contributed by atoms with van der Waals surface area (Å²) >= 11 is 1.08. The van der Waals surface area contributed by atoms with E-state index in [2.05, 4.69) is 20.3 Å². The van der Waals surface area contributed by atoms with Crippen LogP contribution in [0.25, 0.3) is 0 Å². The summed E-state index contributed by atoms with van der Waals surface area (Å²) in [6, 6.07) is 5.75. The fourth-order valence-corrected chi connectivity index (χ4v) is 4.16. The van der Waals surface area contributed by atoms with Crippen LogP contribution in [0.1, 0.15) is 17.3 Å². The standard InChI is InChI=1S/C15H15N5O6S2/c1-26-19-10(9-7-27-15(16)17-9)13(21)18-11-12(8-5-3-2-4-6-8)20(14(11)22)28(23,24)25/h2-7,11-12H,1H3,(H2,16,17)(H,18,21)(H,23,24,25)/t11-,12+/m0/s1. The van der Waals surface area contributed by atoms with Crippen LogP contribution in [0, 0.1) is 0 Å². The Hall–Kier alpha value is -3.03. The first-order valence-electron chi connectivity index (χ1n) is 7.73. The first-order valence-corrected chi connectivity index (χ1v) is 10.0. The van der Waals surface area contributed by atoms with Crippen molar-refractivity contribution in [1.29, 1.82) is 0 Å². The molecule has 0 aliphatic carbocycles. The van der Waals surface area contributed by atoms with Crippen molar-refractivity contribution in [3.05, 3.63) is 47.0 Å². The van der Waals surface area contributed by atoms with E-state index >= 15 is 0 Å². The molecule has 1 aliphatic heterocycles. The van der Waals surface area contributed by atoms with Crippen LogP contribution in [0.2, 0.25) is 0 Å². The molecule has 11 nitrogen and oxygen atoms in total. The van der Waals surface area contributed by atoms with E-state index in [1.165, 1.54) is 12.5 Å². The minimum atomic E-state index is -4.81. The molecule has 28 heavy (non-hydrogen) atoms. The normalized spacial score (nSPS) is 19.9. The van der Waals surface area contributed by atoms with Gasteiger partial charge in [0.05, 0.1) is 0 Å². The Kier molecular flexibility index (Phi) is 5.31. The van der Waals surface area contributed by atoms with Crippen molar-refractivity contribution in [1.82, 2.24) is 14.6 Å². The number of rotatable bonds is 6. The average Bonchev–Trinajstić information content (AvgIpc) is 3.07. The summed E-state index contributed by atoms with van der Waals surface area (Å²) in [6.07, 6.45) is 0. The van der Waals surface area contributed by atoms with Crippen molar-refractivity contribution < 1.29 is 27.4 Å². The topological polar surface area (TPSA) is 164 Å². The van der Waals surface area contributed by atoms with Gasteiger partial charge in [-0.05, 0) is 5.56 Å². The van der Waals surface area contributed by atoms with Crippen LogP contribution < -0.4 is 11.1 Å². The number of nitrogens with zero attached hydrogens (tertiary/aromatic N) is 3. The first-order chi connectivity index (χ1) is 13.2. The highest BCUT2D eigenvalue weighted by Crippen LogP contribution is 2.37. The van der Waals surface area contributed by atoms with Crippen molar-refractivity contribution in [2.24, 2.45) is 5.16 Å². The molecule has 0 saturated carbocycles. The molecule has 2 heterocycles. The van der Waals surface area contributed by atoms with Crippen LogP contribution in [-0.4, -0.2) is 52.9 Å².